The number of aryl methyl sites for hydroxylation is 1. The SMILES string of the molecule is CCc1ccc(C(=O)[C@@H](C)OC(=O)c2cc3ccccc3cc2OC)cc1. The molecular weight excluding hydrogens is 340 g/mol. The van der Waals surface area contributed by atoms with Gasteiger partial charge < -0.3 is 9.47 Å². The summed E-state index contributed by atoms with van der Waals surface area (Å²) in [6.45, 7) is 3.64. The van der Waals surface area contributed by atoms with Gasteiger partial charge in [0.05, 0.1) is 7.11 Å². The number of carbonyl (C=O) groups excluding carboxylic acids is 2. The highest BCUT2D eigenvalue weighted by Crippen LogP contribution is 2.27. The summed E-state index contributed by atoms with van der Waals surface area (Å²) in [4.78, 5) is 25.2. The molecule has 0 radical (unpaired) electrons. The lowest BCUT2D eigenvalue weighted by Crippen LogP contribution is -2.24. The normalized spacial score (nSPS) is 11.8. The fourth-order valence-corrected chi connectivity index (χ4v) is 2.96. The van der Waals surface area contributed by atoms with Crippen LogP contribution in [-0.2, 0) is 11.2 Å². The summed E-state index contributed by atoms with van der Waals surface area (Å²) >= 11 is 0. The molecule has 1 atom stereocenters. The summed E-state index contributed by atoms with van der Waals surface area (Å²) in [5.41, 5.74) is 1.98. The molecule has 4 nitrogen and oxygen atoms in total. The second kappa shape index (κ2) is 8.04. The molecule has 138 valence electrons. The molecule has 0 saturated heterocycles. The highest BCUT2D eigenvalue weighted by Gasteiger charge is 2.23. The lowest BCUT2D eigenvalue weighted by Gasteiger charge is -2.15. The van der Waals surface area contributed by atoms with Crippen molar-refractivity contribution in [1.29, 1.82) is 0 Å². The topological polar surface area (TPSA) is 52.6 Å². The van der Waals surface area contributed by atoms with Crippen molar-refractivity contribution in [3.8, 4) is 5.75 Å². The van der Waals surface area contributed by atoms with Crippen LogP contribution in [0.1, 0.15) is 40.1 Å². The zero-order valence-electron chi connectivity index (χ0n) is 15.7. The van der Waals surface area contributed by atoms with Crippen LogP contribution in [-0.4, -0.2) is 25.0 Å². The molecule has 3 rings (SSSR count). The van der Waals surface area contributed by atoms with Gasteiger partial charge in [-0.25, -0.2) is 4.79 Å². The van der Waals surface area contributed by atoms with E-state index in [2.05, 4.69) is 6.92 Å². The number of fused-ring (bicyclic) bond motifs is 1. The van der Waals surface area contributed by atoms with E-state index in [0.29, 0.717) is 16.9 Å². The Hall–Kier alpha value is -3.14. The van der Waals surface area contributed by atoms with E-state index in [1.807, 2.05) is 36.4 Å². The number of esters is 1. The van der Waals surface area contributed by atoms with Crippen molar-refractivity contribution in [3.63, 3.8) is 0 Å². The molecule has 0 unspecified atom stereocenters. The maximum Gasteiger partial charge on any atom is 0.342 e. The minimum Gasteiger partial charge on any atom is -0.496 e. The van der Waals surface area contributed by atoms with E-state index < -0.39 is 12.1 Å². The summed E-state index contributed by atoms with van der Waals surface area (Å²) in [6.07, 6.45) is 0.0157. The van der Waals surface area contributed by atoms with E-state index in [-0.39, 0.29) is 5.78 Å². The zero-order chi connectivity index (χ0) is 19.4. The molecular formula is C23H22O4. The van der Waals surface area contributed by atoms with Crippen molar-refractivity contribution >= 4 is 22.5 Å². The van der Waals surface area contributed by atoms with Gasteiger partial charge in [-0.15, -0.1) is 0 Å². The number of carbonyl (C=O) groups is 2. The van der Waals surface area contributed by atoms with Crippen LogP contribution < -0.4 is 4.74 Å². The Bertz CT molecular complexity index is 973. The molecule has 0 aliphatic rings. The molecule has 3 aromatic rings. The Labute approximate surface area is 158 Å². The van der Waals surface area contributed by atoms with Crippen LogP contribution in [0.25, 0.3) is 10.8 Å². The number of methoxy groups -OCH3 is 1. The van der Waals surface area contributed by atoms with Gasteiger partial charge in [0.15, 0.2) is 6.10 Å². The van der Waals surface area contributed by atoms with E-state index in [0.717, 1.165) is 22.8 Å². The number of hydrogen-bond acceptors (Lipinski definition) is 4. The van der Waals surface area contributed by atoms with Crippen LogP contribution in [0, 0.1) is 0 Å². The fraction of sp³-hybridized carbons (Fsp3) is 0.217. The largest absolute Gasteiger partial charge is 0.496 e. The molecule has 0 bridgehead atoms. The lowest BCUT2D eigenvalue weighted by atomic mass is 10.0. The van der Waals surface area contributed by atoms with Crippen molar-refractivity contribution in [2.75, 3.05) is 7.11 Å². The third-order valence-corrected chi connectivity index (χ3v) is 4.59. The second-order valence-corrected chi connectivity index (χ2v) is 6.36. The van der Waals surface area contributed by atoms with Crippen LogP contribution in [0.3, 0.4) is 0 Å². The van der Waals surface area contributed by atoms with Gasteiger partial charge in [0.1, 0.15) is 11.3 Å². The van der Waals surface area contributed by atoms with Crippen LogP contribution in [0.4, 0.5) is 0 Å². The summed E-state index contributed by atoms with van der Waals surface area (Å²) in [5, 5.41) is 1.87. The van der Waals surface area contributed by atoms with E-state index >= 15 is 0 Å². The Morgan fingerprint density at radius 1 is 0.963 bits per heavy atom. The van der Waals surface area contributed by atoms with Crippen molar-refractivity contribution in [1.82, 2.24) is 0 Å². The Morgan fingerprint density at radius 3 is 2.19 bits per heavy atom. The first-order valence-electron chi connectivity index (χ1n) is 8.94. The van der Waals surface area contributed by atoms with Gasteiger partial charge in [-0.05, 0) is 41.8 Å². The zero-order valence-corrected chi connectivity index (χ0v) is 15.7. The van der Waals surface area contributed by atoms with Gasteiger partial charge in [0, 0.05) is 5.56 Å². The first kappa shape index (κ1) is 18.6. The fourth-order valence-electron chi connectivity index (χ4n) is 2.96. The standard InChI is InChI=1S/C23H22O4/c1-4-16-9-11-17(12-10-16)22(24)15(2)27-23(25)20-13-18-7-5-6-8-19(18)14-21(20)26-3/h5-15H,4H2,1-3H3/t15-/m1/s1. The molecule has 0 fully saturated rings. The molecule has 0 amide bonds. The van der Waals surface area contributed by atoms with Crippen molar-refractivity contribution in [3.05, 3.63) is 77.4 Å². The Morgan fingerprint density at radius 2 is 1.59 bits per heavy atom. The highest BCUT2D eigenvalue weighted by molar-refractivity contribution is 6.03. The maximum atomic E-state index is 12.7. The molecule has 0 aromatic heterocycles. The summed E-state index contributed by atoms with van der Waals surface area (Å²) in [7, 11) is 1.50. The molecule has 4 heteroatoms. The summed E-state index contributed by atoms with van der Waals surface area (Å²) in [5.74, 6) is -0.389. The van der Waals surface area contributed by atoms with Gasteiger partial charge in [0.25, 0.3) is 0 Å². The first-order valence-corrected chi connectivity index (χ1v) is 8.94. The van der Waals surface area contributed by atoms with Crippen LogP contribution >= 0.6 is 0 Å². The average molecular weight is 362 g/mol. The monoisotopic (exact) mass is 362 g/mol. The van der Waals surface area contributed by atoms with Gasteiger partial charge >= 0.3 is 5.97 Å². The van der Waals surface area contributed by atoms with Crippen molar-refractivity contribution in [2.24, 2.45) is 0 Å². The lowest BCUT2D eigenvalue weighted by molar-refractivity contribution is 0.0316. The smallest absolute Gasteiger partial charge is 0.342 e. The first-order chi connectivity index (χ1) is 13.0. The minimum absolute atomic E-state index is 0.231. The molecule has 0 heterocycles. The molecule has 27 heavy (non-hydrogen) atoms. The number of rotatable bonds is 6. The molecule has 0 saturated carbocycles. The van der Waals surface area contributed by atoms with Gasteiger partial charge in [0.2, 0.25) is 5.78 Å². The summed E-state index contributed by atoms with van der Waals surface area (Å²) in [6, 6.07) is 18.5. The maximum absolute atomic E-state index is 12.7. The highest BCUT2D eigenvalue weighted by atomic mass is 16.5. The molecule has 0 aliphatic heterocycles. The van der Waals surface area contributed by atoms with E-state index in [1.54, 1.807) is 31.2 Å². The van der Waals surface area contributed by atoms with Crippen molar-refractivity contribution < 1.29 is 19.1 Å². The quantitative estimate of drug-likeness (QED) is 0.465. The molecule has 0 spiro atoms. The van der Waals surface area contributed by atoms with E-state index in [9.17, 15) is 9.59 Å². The van der Waals surface area contributed by atoms with E-state index in [1.165, 1.54) is 7.11 Å². The van der Waals surface area contributed by atoms with Gasteiger partial charge in [-0.3, -0.25) is 4.79 Å². The number of hydrogen-bond donors (Lipinski definition) is 0. The molecule has 3 aromatic carbocycles. The Balaban J connectivity index is 1.81. The number of benzene rings is 3. The van der Waals surface area contributed by atoms with Gasteiger partial charge in [-0.2, -0.15) is 0 Å². The predicted octanol–water partition coefficient (Wildman–Crippen LogP) is 4.84. The summed E-state index contributed by atoms with van der Waals surface area (Å²) < 4.78 is 10.8. The second-order valence-electron chi connectivity index (χ2n) is 6.36. The van der Waals surface area contributed by atoms with Crippen LogP contribution in [0.2, 0.25) is 0 Å². The average Bonchev–Trinajstić information content (AvgIpc) is 2.72. The third kappa shape index (κ3) is 4.00. The van der Waals surface area contributed by atoms with Crippen molar-refractivity contribution in [2.45, 2.75) is 26.4 Å². The van der Waals surface area contributed by atoms with Gasteiger partial charge in [-0.1, -0.05) is 55.5 Å². The molecule has 0 aliphatic carbocycles. The van der Waals surface area contributed by atoms with Crippen LogP contribution in [0.15, 0.2) is 60.7 Å². The minimum atomic E-state index is -0.888. The number of ether oxygens (including phenoxy) is 2. The molecule has 0 N–H and O–H groups in total. The third-order valence-electron chi connectivity index (χ3n) is 4.59. The van der Waals surface area contributed by atoms with Crippen LogP contribution in [0.5, 0.6) is 5.75 Å². The number of Topliss-reactive ketones (excluding diaryl/α,β-unsaturated/α-hetero) is 1. The van der Waals surface area contributed by atoms with E-state index in [4.69, 9.17) is 9.47 Å². The Kier molecular flexibility index (Phi) is 5.55. The predicted molar refractivity (Wildman–Crippen MR) is 106 cm³/mol. The number of ketones is 1.